The molecular formula is C74H51N. The van der Waals surface area contributed by atoms with Crippen molar-refractivity contribution < 1.29 is 0 Å². The van der Waals surface area contributed by atoms with Gasteiger partial charge in [0, 0.05) is 16.7 Å². The topological polar surface area (TPSA) is 3.24 Å². The van der Waals surface area contributed by atoms with Crippen LogP contribution in [0.3, 0.4) is 0 Å². The average Bonchev–Trinajstić information content (AvgIpc) is 3.98. The van der Waals surface area contributed by atoms with Gasteiger partial charge in [-0.25, -0.2) is 0 Å². The van der Waals surface area contributed by atoms with Gasteiger partial charge in [-0.15, -0.1) is 0 Å². The summed E-state index contributed by atoms with van der Waals surface area (Å²) < 4.78 is 0. The number of fused-ring (bicyclic) bond motifs is 6. The lowest BCUT2D eigenvalue weighted by atomic mass is 9.67. The van der Waals surface area contributed by atoms with Crippen molar-refractivity contribution in [2.24, 2.45) is 0 Å². The zero-order chi connectivity index (χ0) is 49.8. The monoisotopic (exact) mass is 953 g/mol. The first-order valence-electron chi connectivity index (χ1n) is 26.1. The standard InChI is InChI=1S/C74H51N/c1-7-28-52(29-8-1)58-40-19-20-41-60(58)70-59(53-30-9-2-10-31-53)44-25-49-67(70)75(68-50-26-47-65-71(68)61-42-21-23-45-63(61)73(65,54-32-11-3-12-33-54)55-34-13-4-14-35-55)69-51-27-48-66-72(69)62-43-22-24-46-64(62)74(66,56-36-15-5-16-37-56)57-38-17-6-18-39-57/h1-51H. The van der Waals surface area contributed by atoms with Gasteiger partial charge < -0.3 is 4.90 Å². The van der Waals surface area contributed by atoms with E-state index in [-0.39, 0.29) is 0 Å². The molecule has 75 heavy (non-hydrogen) atoms. The predicted octanol–water partition coefficient (Wildman–Crippen LogP) is 18.9. The Morgan fingerprint density at radius 3 is 0.880 bits per heavy atom. The molecule has 0 atom stereocenters. The van der Waals surface area contributed by atoms with Crippen molar-refractivity contribution in [1.29, 1.82) is 0 Å². The van der Waals surface area contributed by atoms with E-state index in [2.05, 4.69) is 314 Å². The summed E-state index contributed by atoms with van der Waals surface area (Å²) in [6.07, 6.45) is 0. The molecule has 1 heteroatoms. The van der Waals surface area contributed by atoms with E-state index in [1.165, 1.54) is 77.9 Å². The molecule has 0 radical (unpaired) electrons. The number of hydrogen-bond donors (Lipinski definition) is 0. The molecule has 12 aromatic rings. The molecular weight excluding hydrogens is 903 g/mol. The van der Waals surface area contributed by atoms with Crippen molar-refractivity contribution in [2.75, 3.05) is 4.90 Å². The summed E-state index contributed by atoms with van der Waals surface area (Å²) >= 11 is 0. The molecule has 14 rings (SSSR count). The quantitative estimate of drug-likeness (QED) is 0.132. The van der Waals surface area contributed by atoms with E-state index in [0.29, 0.717) is 0 Å². The average molecular weight is 954 g/mol. The molecule has 352 valence electrons. The zero-order valence-electron chi connectivity index (χ0n) is 41.4. The number of benzene rings is 12. The summed E-state index contributed by atoms with van der Waals surface area (Å²) in [5.74, 6) is 0. The first kappa shape index (κ1) is 44.2. The number of hydrogen-bond acceptors (Lipinski definition) is 1. The lowest BCUT2D eigenvalue weighted by molar-refractivity contribution is 0.768. The fourth-order valence-corrected chi connectivity index (χ4v) is 13.1. The minimum atomic E-state index is -0.605. The second-order valence-electron chi connectivity index (χ2n) is 19.8. The van der Waals surface area contributed by atoms with Crippen LogP contribution < -0.4 is 4.90 Å². The third-order valence-corrected chi connectivity index (χ3v) is 16.1. The van der Waals surface area contributed by atoms with E-state index in [4.69, 9.17) is 0 Å². The Labute approximate surface area is 440 Å². The van der Waals surface area contributed by atoms with Crippen LogP contribution in [0.4, 0.5) is 17.1 Å². The molecule has 0 aliphatic heterocycles. The van der Waals surface area contributed by atoms with Gasteiger partial charge >= 0.3 is 0 Å². The van der Waals surface area contributed by atoms with E-state index in [1.807, 2.05) is 0 Å². The first-order valence-corrected chi connectivity index (χ1v) is 26.1. The molecule has 0 fully saturated rings. The molecule has 0 heterocycles. The van der Waals surface area contributed by atoms with E-state index < -0.39 is 10.8 Å². The molecule has 1 nitrogen and oxygen atoms in total. The Balaban J connectivity index is 1.16. The molecule has 0 saturated heterocycles. The molecule has 12 aromatic carbocycles. The van der Waals surface area contributed by atoms with Gasteiger partial charge in [0.2, 0.25) is 0 Å². The van der Waals surface area contributed by atoms with Gasteiger partial charge in [-0.05, 0) is 102 Å². The maximum Gasteiger partial charge on any atom is 0.0714 e. The Hall–Kier alpha value is -9.56. The van der Waals surface area contributed by atoms with E-state index in [9.17, 15) is 0 Å². The molecule has 0 aromatic heterocycles. The zero-order valence-corrected chi connectivity index (χ0v) is 41.4. The highest BCUT2D eigenvalue weighted by molar-refractivity contribution is 6.07. The van der Waals surface area contributed by atoms with Crippen molar-refractivity contribution in [3.63, 3.8) is 0 Å². The van der Waals surface area contributed by atoms with E-state index in [1.54, 1.807) is 0 Å². The highest BCUT2D eigenvalue weighted by atomic mass is 15.2. The van der Waals surface area contributed by atoms with Gasteiger partial charge in [-0.1, -0.05) is 291 Å². The Morgan fingerprint density at radius 2 is 0.467 bits per heavy atom. The number of rotatable bonds is 10. The third kappa shape index (κ3) is 6.71. The Morgan fingerprint density at radius 1 is 0.187 bits per heavy atom. The van der Waals surface area contributed by atoms with Crippen molar-refractivity contribution in [2.45, 2.75) is 10.8 Å². The fraction of sp³-hybridized carbons (Fsp3) is 0.0270. The van der Waals surface area contributed by atoms with Gasteiger partial charge in [0.15, 0.2) is 0 Å². The van der Waals surface area contributed by atoms with Crippen molar-refractivity contribution >= 4 is 17.1 Å². The number of nitrogens with zero attached hydrogens (tertiary/aromatic N) is 1. The molecule has 0 spiro atoms. The minimum absolute atomic E-state index is 0.605. The number of anilines is 3. The smallest absolute Gasteiger partial charge is 0.0714 e. The molecule has 0 N–H and O–H groups in total. The second-order valence-corrected chi connectivity index (χ2v) is 19.8. The summed E-state index contributed by atoms with van der Waals surface area (Å²) in [5, 5.41) is 0. The maximum atomic E-state index is 2.65. The van der Waals surface area contributed by atoms with Crippen molar-refractivity contribution in [3.8, 4) is 55.6 Å². The molecule has 0 saturated carbocycles. The van der Waals surface area contributed by atoms with Gasteiger partial charge in [-0.2, -0.15) is 0 Å². The Bertz CT molecular complexity index is 3770. The molecule has 0 unspecified atom stereocenters. The van der Waals surface area contributed by atoms with Gasteiger partial charge in [0.05, 0.1) is 27.9 Å². The van der Waals surface area contributed by atoms with Crippen LogP contribution >= 0.6 is 0 Å². The predicted molar refractivity (Wildman–Crippen MR) is 312 cm³/mol. The van der Waals surface area contributed by atoms with Crippen LogP contribution in [0.25, 0.3) is 55.6 Å². The van der Waals surface area contributed by atoms with Crippen LogP contribution in [-0.2, 0) is 10.8 Å². The van der Waals surface area contributed by atoms with Crippen LogP contribution in [0.1, 0.15) is 44.5 Å². The molecule has 0 amide bonds. The molecule has 2 aliphatic carbocycles. The van der Waals surface area contributed by atoms with Gasteiger partial charge in [0.25, 0.3) is 0 Å². The van der Waals surface area contributed by atoms with Crippen molar-refractivity contribution in [1.82, 2.24) is 0 Å². The van der Waals surface area contributed by atoms with Crippen LogP contribution in [0.2, 0.25) is 0 Å². The highest BCUT2D eigenvalue weighted by Crippen LogP contribution is 2.64. The molecule has 2 aliphatic rings. The van der Waals surface area contributed by atoms with Gasteiger partial charge in [0.1, 0.15) is 0 Å². The summed E-state index contributed by atoms with van der Waals surface area (Å²) in [6.45, 7) is 0. The maximum absolute atomic E-state index is 2.65. The SMILES string of the molecule is c1ccc(-c2ccccc2-c2c(-c3ccccc3)cccc2N(c2cccc3c2-c2ccccc2C3(c2ccccc2)c2ccccc2)c2cccc3c2-c2ccccc2C3(c2ccccc2)c2ccccc2)cc1. The largest absolute Gasteiger partial charge is 0.309 e. The normalized spacial score (nSPS) is 13.3. The van der Waals surface area contributed by atoms with Gasteiger partial charge in [-0.3, -0.25) is 0 Å². The Kier molecular flexibility index (Phi) is 10.7. The minimum Gasteiger partial charge on any atom is -0.309 e. The first-order chi connectivity index (χ1) is 37.3. The van der Waals surface area contributed by atoms with Crippen LogP contribution in [0, 0.1) is 0 Å². The van der Waals surface area contributed by atoms with Crippen LogP contribution in [-0.4, -0.2) is 0 Å². The second kappa shape index (κ2) is 18.2. The lowest BCUT2D eigenvalue weighted by Crippen LogP contribution is -2.28. The van der Waals surface area contributed by atoms with Crippen LogP contribution in [0.5, 0.6) is 0 Å². The lowest BCUT2D eigenvalue weighted by Gasteiger charge is -2.36. The van der Waals surface area contributed by atoms with Crippen LogP contribution in [0.15, 0.2) is 309 Å². The van der Waals surface area contributed by atoms with Crippen molar-refractivity contribution in [3.05, 3.63) is 354 Å². The summed E-state index contributed by atoms with van der Waals surface area (Å²) in [6, 6.07) is 115. The third-order valence-electron chi connectivity index (χ3n) is 16.1. The van der Waals surface area contributed by atoms with E-state index in [0.717, 1.165) is 39.3 Å². The van der Waals surface area contributed by atoms with E-state index >= 15 is 0 Å². The highest BCUT2D eigenvalue weighted by Gasteiger charge is 2.50. The summed E-state index contributed by atoms with van der Waals surface area (Å²) in [7, 11) is 0. The summed E-state index contributed by atoms with van der Waals surface area (Å²) in [4.78, 5) is 2.65. The molecule has 0 bridgehead atoms. The fourth-order valence-electron chi connectivity index (χ4n) is 13.1. The summed E-state index contributed by atoms with van der Waals surface area (Å²) in [5.41, 5.74) is 24.0.